The first kappa shape index (κ1) is 10.5. The second kappa shape index (κ2) is 4.07. The van der Waals surface area contributed by atoms with E-state index in [4.69, 9.17) is 10.8 Å². The molecule has 4 heteroatoms. The van der Waals surface area contributed by atoms with Crippen molar-refractivity contribution in [2.75, 3.05) is 20.1 Å². The molecule has 1 fully saturated rings. The van der Waals surface area contributed by atoms with E-state index in [0.717, 1.165) is 32.4 Å². The number of carbonyl (C=O) groups is 1. The summed E-state index contributed by atoms with van der Waals surface area (Å²) in [6.07, 6.45) is 2.71. The summed E-state index contributed by atoms with van der Waals surface area (Å²) in [7, 11) is 2.05. The van der Waals surface area contributed by atoms with Crippen LogP contribution in [0.4, 0.5) is 0 Å². The molecule has 3 N–H and O–H groups in total. The Morgan fingerprint density at radius 2 is 2.23 bits per heavy atom. The first-order valence-corrected chi connectivity index (χ1v) is 4.71. The molecule has 1 saturated heterocycles. The van der Waals surface area contributed by atoms with Gasteiger partial charge in [-0.05, 0) is 39.4 Å². The van der Waals surface area contributed by atoms with Gasteiger partial charge in [0.1, 0.15) is 0 Å². The maximum Gasteiger partial charge on any atom is 0.305 e. The number of nitrogens with zero attached hydrogens (tertiary/aromatic N) is 1. The van der Waals surface area contributed by atoms with E-state index in [9.17, 15) is 4.79 Å². The number of nitrogens with two attached hydrogens (primary N) is 1. The summed E-state index contributed by atoms with van der Waals surface area (Å²) in [5.41, 5.74) is 5.54. The molecule has 0 bridgehead atoms. The number of carboxylic acids is 1. The third-order valence-corrected chi connectivity index (χ3v) is 2.71. The highest BCUT2D eigenvalue weighted by Crippen LogP contribution is 2.22. The number of hydrogen-bond donors (Lipinski definition) is 2. The maximum atomic E-state index is 10.6. The van der Waals surface area contributed by atoms with E-state index >= 15 is 0 Å². The van der Waals surface area contributed by atoms with Crippen LogP contribution in [0.2, 0.25) is 0 Å². The van der Waals surface area contributed by atoms with Gasteiger partial charge in [-0.1, -0.05) is 0 Å². The van der Waals surface area contributed by atoms with Gasteiger partial charge in [-0.2, -0.15) is 0 Å². The number of aliphatic carboxylic acids is 1. The minimum atomic E-state index is -0.785. The predicted molar refractivity (Wildman–Crippen MR) is 50.5 cm³/mol. The van der Waals surface area contributed by atoms with Gasteiger partial charge in [0.2, 0.25) is 0 Å². The van der Waals surface area contributed by atoms with E-state index in [2.05, 4.69) is 4.90 Å². The molecular formula is C9H18N2O2. The summed E-state index contributed by atoms with van der Waals surface area (Å²) in [5.74, 6) is -0.785. The Morgan fingerprint density at radius 3 is 2.85 bits per heavy atom. The molecule has 0 spiro atoms. The van der Waals surface area contributed by atoms with Crippen molar-refractivity contribution in [3.05, 3.63) is 0 Å². The van der Waals surface area contributed by atoms with Crippen molar-refractivity contribution in [2.24, 2.45) is 5.73 Å². The molecule has 13 heavy (non-hydrogen) atoms. The quantitative estimate of drug-likeness (QED) is 0.650. The molecule has 0 aromatic heterocycles. The monoisotopic (exact) mass is 186 g/mol. The largest absolute Gasteiger partial charge is 0.481 e. The second-order valence-electron chi connectivity index (χ2n) is 4.09. The van der Waals surface area contributed by atoms with Crippen LogP contribution in [0.25, 0.3) is 0 Å². The molecule has 0 aromatic rings. The summed E-state index contributed by atoms with van der Waals surface area (Å²) in [6.45, 7) is 1.93. The number of hydrogen-bond acceptors (Lipinski definition) is 3. The molecule has 0 amide bonds. The molecule has 0 radical (unpaired) electrons. The maximum absolute atomic E-state index is 10.6. The summed E-state index contributed by atoms with van der Waals surface area (Å²) < 4.78 is 0. The van der Waals surface area contributed by atoms with Gasteiger partial charge in [0.15, 0.2) is 0 Å². The van der Waals surface area contributed by atoms with Crippen molar-refractivity contribution in [1.82, 2.24) is 4.90 Å². The average molecular weight is 186 g/mol. The molecule has 1 aliphatic heterocycles. The zero-order valence-corrected chi connectivity index (χ0v) is 8.12. The van der Waals surface area contributed by atoms with Crippen LogP contribution in [0.3, 0.4) is 0 Å². The highest BCUT2D eigenvalue weighted by Gasteiger charge is 2.29. The Labute approximate surface area is 78.7 Å². The van der Waals surface area contributed by atoms with Crippen LogP contribution in [-0.2, 0) is 4.79 Å². The van der Waals surface area contributed by atoms with Crippen LogP contribution in [-0.4, -0.2) is 41.7 Å². The molecule has 4 nitrogen and oxygen atoms in total. The lowest BCUT2D eigenvalue weighted by molar-refractivity contribution is -0.138. The number of rotatable bonds is 2. The first-order chi connectivity index (χ1) is 6.02. The molecule has 1 rings (SSSR count). The van der Waals surface area contributed by atoms with Gasteiger partial charge in [0.05, 0.1) is 6.42 Å². The smallest absolute Gasteiger partial charge is 0.305 e. The van der Waals surface area contributed by atoms with E-state index in [1.807, 2.05) is 7.05 Å². The van der Waals surface area contributed by atoms with Crippen LogP contribution < -0.4 is 5.73 Å². The van der Waals surface area contributed by atoms with Crippen LogP contribution in [0.5, 0.6) is 0 Å². The summed E-state index contributed by atoms with van der Waals surface area (Å²) in [6, 6.07) is 0. The zero-order valence-electron chi connectivity index (χ0n) is 8.12. The van der Waals surface area contributed by atoms with Gasteiger partial charge in [0, 0.05) is 5.54 Å². The van der Waals surface area contributed by atoms with Crippen molar-refractivity contribution in [3.8, 4) is 0 Å². The Morgan fingerprint density at radius 1 is 1.54 bits per heavy atom. The average Bonchev–Trinajstić information content (AvgIpc) is 2.12. The Hall–Kier alpha value is -0.610. The lowest BCUT2D eigenvalue weighted by atomic mass is 9.88. The van der Waals surface area contributed by atoms with Gasteiger partial charge in [0.25, 0.3) is 0 Å². The fraction of sp³-hybridized carbons (Fsp3) is 0.889. The van der Waals surface area contributed by atoms with Crippen LogP contribution in [0.15, 0.2) is 0 Å². The third-order valence-electron chi connectivity index (χ3n) is 2.71. The predicted octanol–water partition coefficient (Wildman–Crippen LogP) is 0.274. The molecule has 0 saturated carbocycles. The van der Waals surface area contributed by atoms with Crippen molar-refractivity contribution in [2.45, 2.75) is 31.2 Å². The van der Waals surface area contributed by atoms with E-state index in [-0.39, 0.29) is 6.42 Å². The lowest BCUT2D eigenvalue weighted by Crippen LogP contribution is -2.42. The zero-order chi connectivity index (χ0) is 9.90. The molecule has 1 heterocycles. The highest BCUT2D eigenvalue weighted by molar-refractivity contribution is 5.68. The normalized spacial score (nSPS) is 31.2. The molecule has 1 unspecified atom stereocenters. The van der Waals surface area contributed by atoms with E-state index in [1.54, 1.807) is 0 Å². The van der Waals surface area contributed by atoms with Crippen molar-refractivity contribution in [1.29, 1.82) is 0 Å². The van der Waals surface area contributed by atoms with Gasteiger partial charge < -0.3 is 15.7 Å². The minimum absolute atomic E-state index is 0.0981. The second-order valence-corrected chi connectivity index (χ2v) is 4.09. The van der Waals surface area contributed by atoms with Crippen molar-refractivity contribution >= 4 is 5.97 Å². The Bertz CT molecular complexity index is 196. The summed E-state index contributed by atoms with van der Waals surface area (Å²) in [5, 5.41) is 8.70. The molecule has 1 aliphatic rings. The van der Waals surface area contributed by atoms with Gasteiger partial charge >= 0.3 is 5.97 Å². The molecular weight excluding hydrogens is 168 g/mol. The van der Waals surface area contributed by atoms with Crippen molar-refractivity contribution in [3.63, 3.8) is 0 Å². The van der Waals surface area contributed by atoms with Crippen LogP contribution in [0.1, 0.15) is 25.7 Å². The van der Waals surface area contributed by atoms with Crippen molar-refractivity contribution < 1.29 is 9.90 Å². The molecule has 0 aliphatic carbocycles. The minimum Gasteiger partial charge on any atom is -0.481 e. The van der Waals surface area contributed by atoms with Crippen LogP contribution in [0, 0.1) is 0 Å². The van der Waals surface area contributed by atoms with Crippen LogP contribution >= 0.6 is 0 Å². The SMILES string of the molecule is CN1CCCC(N)(CC(=O)O)CC1. The van der Waals surface area contributed by atoms with Gasteiger partial charge in [-0.3, -0.25) is 4.79 Å². The highest BCUT2D eigenvalue weighted by atomic mass is 16.4. The molecule has 1 atom stereocenters. The number of likely N-dealkylation sites (tertiary alicyclic amines) is 1. The summed E-state index contributed by atoms with van der Waals surface area (Å²) in [4.78, 5) is 12.8. The van der Waals surface area contributed by atoms with E-state index in [1.165, 1.54) is 0 Å². The molecule has 0 aromatic carbocycles. The lowest BCUT2D eigenvalue weighted by Gasteiger charge is -2.25. The van der Waals surface area contributed by atoms with Gasteiger partial charge in [-0.15, -0.1) is 0 Å². The molecule has 76 valence electrons. The number of carboxylic acid groups (broad SMARTS) is 1. The Balaban J connectivity index is 2.52. The van der Waals surface area contributed by atoms with E-state index in [0.29, 0.717) is 0 Å². The Kier molecular flexibility index (Phi) is 3.27. The topological polar surface area (TPSA) is 66.6 Å². The fourth-order valence-electron chi connectivity index (χ4n) is 1.83. The third kappa shape index (κ3) is 3.32. The summed E-state index contributed by atoms with van der Waals surface area (Å²) >= 11 is 0. The first-order valence-electron chi connectivity index (χ1n) is 4.71. The fourth-order valence-corrected chi connectivity index (χ4v) is 1.83. The standard InChI is InChI=1S/C9H18N2O2/c1-11-5-2-3-9(10,4-6-11)7-8(12)13/h2-7,10H2,1H3,(H,12,13). The van der Waals surface area contributed by atoms with E-state index < -0.39 is 11.5 Å². The van der Waals surface area contributed by atoms with Gasteiger partial charge in [-0.25, -0.2) is 0 Å².